The van der Waals surface area contributed by atoms with Crippen molar-refractivity contribution in [1.29, 1.82) is 0 Å². The molecule has 1 N–H and O–H groups in total. The third-order valence-electron chi connectivity index (χ3n) is 2.92. The van der Waals surface area contributed by atoms with Crippen LogP contribution in [0.5, 0.6) is 17.2 Å². The molecule has 134 valence electrons. The van der Waals surface area contributed by atoms with E-state index >= 15 is 0 Å². The fourth-order valence-corrected chi connectivity index (χ4v) is 2.53. The summed E-state index contributed by atoms with van der Waals surface area (Å²) in [6, 6.07) is 8.23. The number of phenolic OH excluding ortho intramolecular Hbond substituents is 1. The summed E-state index contributed by atoms with van der Waals surface area (Å²) in [5.74, 6) is -0.0909. The highest BCUT2D eigenvalue weighted by molar-refractivity contribution is 6.37. The molecule has 0 aliphatic carbocycles. The summed E-state index contributed by atoms with van der Waals surface area (Å²) in [4.78, 5) is 0. The van der Waals surface area contributed by atoms with Crippen LogP contribution in [0.2, 0.25) is 10.0 Å². The molecular weight excluding hydrogens is 380 g/mol. The molecule has 0 fully saturated rings. The quantitative estimate of drug-likeness (QED) is 0.605. The minimum Gasteiger partial charge on any atom is -0.508 e. The lowest BCUT2D eigenvalue weighted by molar-refractivity contribution is -0.274. The second-order valence-electron chi connectivity index (χ2n) is 4.90. The fraction of sp³-hybridized carbons (Fsp3) is 0.176. The zero-order valence-corrected chi connectivity index (χ0v) is 14.2. The molecule has 0 atom stereocenters. The zero-order chi connectivity index (χ0) is 18.4. The summed E-state index contributed by atoms with van der Waals surface area (Å²) in [7, 11) is 0. The lowest BCUT2D eigenvalue weighted by atomic mass is 10.2. The summed E-state index contributed by atoms with van der Waals surface area (Å²) in [6.45, 7) is 0.249. The number of halogens is 5. The number of ether oxygens (including phenoxy) is 2. The molecule has 3 nitrogen and oxygen atoms in total. The first-order valence-electron chi connectivity index (χ1n) is 7.08. The van der Waals surface area contributed by atoms with E-state index in [2.05, 4.69) is 4.74 Å². The second-order valence-corrected chi connectivity index (χ2v) is 5.71. The third kappa shape index (κ3) is 6.40. The molecule has 0 heterocycles. The number of aromatic hydroxyl groups is 1. The zero-order valence-electron chi connectivity index (χ0n) is 12.7. The molecule has 0 saturated carbocycles. The molecule has 0 radical (unpaired) electrons. The Labute approximate surface area is 152 Å². The van der Waals surface area contributed by atoms with E-state index in [1.165, 1.54) is 30.3 Å². The summed E-state index contributed by atoms with van der Waals surface area (Å²) < 4.78 is 45.9. The molecule has 0 bridgehead atoms. The van der Waals surface area contributed by atoms with Crippen molar-refractivity contribution in [2.45, 2.75) is 12.8 Å². The van der Waals surface area contributed by atoms with Crippen LogP contribution in [0.25, 0.3) is 6.08 Å². The molecule has 0 amide bonds. The number of hydrogen-bond acceptors (Lipinski definition) is 3. The lowest BCUT2D eigenvalue weighted by Gasteiger charge is -2.09. The Balaban J connectivity index is 1.89. The van der Waals surface area contributed by atoms with Gasteiger partial charge in [-0.1, -0.05) is 47.5 Å². The maximum Gasteiger partial charge on any atom is 0.573 e. The largest absolute Gasteiger partial charge is 0.573 e. The van der Waals surface area contributed by atoms with E-state index in [0.717, 1.165) is 0 Å². The molecule has 2 rings (SSSR count). The number of hydrogen-bond donors (Lipinski definition) is 1. The molecule has 8 heteroatoms. The SMILES string of the molecule is Oc1cc(Cl)c(OCC/C=C/c2cccc(OC(F)(F)F)c2)c(Cl)c1. The van der Waals surface area contributed by atoms with Gasteiger partial charge >= 0.3 is 6.36 Å². The molecule has 0 aliphatic rings. The standard InChI is InChI=1S/C17H13Cl2F3O3/c18-14-9-12(23)10-15(19)16(14)24-7-2-1-4-11-5-3-6-13(8-11)25-17(20,21)22/h1,3-6,8-10,23H,2,7H2/b4-1+. The van der Waals surface area contributed by atoms with Crippen LogP contribution in [0.15, 0.2) is 42.5 Å². The maximum atomic E-state index is 12.2. The van der Waals surface area contributed by atoms with Crippen molar-refractivity contribution in [3.05, 3.63) is 58.1 Å². The van der Waals surface area contributed by atoms with Crippen molar-refractivity contribution in [2.24, 2.45) is 0 Å². The number of alkyl halides is 3. The molecule has 2 aromatic rings. The van der Waals surface area contributed by atoms with Crippen LogP contribution in [-0.4, -0.2) is 18.1 Å². The first-order chi connectivity index (χ1) is 11.7. The lowest BCUT2D eigenvalue weighted by Crippen LogP contribution is -2.17. The van der Waals surface area contributed by atoms with Crippen LogP contribution in [-0.2, 0) is 0 Å². The highest BCUT2D eigenvalue weighted by atomic mass is 35.5. The molecular formula is C17H13Cl2F3O3. The first kappa shape index (κ1) is 19.3. The summed E-state index contributed by atoms with van der Waals surface area (Å²) in [6.07, 6.45) is -0.877. The van der Waals surface area contributed by atoms with Crippen molar-refractivity contribution in [3.63, 3.8) is 0 Å². The van der Waals surface area contributed by atoms with Gasteiger partial charge in [0.15, 0.2) is 5.75 Å². The van der Waals surface area contributed by atoms with Gasteiger partial charge in [-0.05, 0) is 24.1 Å². The summed E-state index contributed by atoms with van der Waals surface area (Å²) >= 11 is 11.8. The normalized spacial score (nSPS) is 11.7. The van der Waals surface area contributed by atoms with Crippen LogP contribution in [0, 0.1) is 0 Å². The molecule has 25 heavy (non-hydrogen) atoms. The van der Waals surface area contributed by atoms with Gasteiger partial charge in [-0.2, -0.15) is 0 Å². The second kappa shape index (κ2) is 8.36. The molecule has 0 unspecified atom stereocenters. The number of rotatable bonds is 6. The van der Waals surface area contributed by atoms with Gasteiger partial charge in [0.1, 0.15) is 11.5 Å². The highest BCUT2D eigenvalue weighted by Crippen LogP contribution is 2.36. The monoisotopic (exact) mass is 392 g/mol. The average Bonchev–Trinajstić information content (AvgIpc) is 2.47. The minimum absolute atomic E-state index is 0.0665. The summed E-state index contributed by atoms with van der Waals surface area (Å²) in [5.41, 5.74) is 0.558. The predicted octanol–water partition coefficient (Wildman–Crippen LogP) is 6.08. The van der Waals surface area contributed by atoms with Crippen LogP contribution < -0.4 is 9.47 Å². The van der Waals surface area contributed by atoms with Gasteiger partial charge < -0.3 is 14.6 Å². The van der Waals surface area contributed by atoms with Crippen molar-refractivity contribution >= 4 is 29.3 Å². The van der Waals surface area contributed by atoms with Crippen LogP contribution in [0.1, 0.15) is 12.0 Å². The molecule has 0 aromatic heterocycles. The van der Waals surface area contributed by atoms with E-state index in [9.17, 15) is 18.3 Å². The topological polar surface area (TPSA) is 38.7 Å². The smallest absolute Gasteiger partial charge is 0.508 e. The van der Waals surface area contributed by atoms with E-state index in [1.54, 1.807) is 18.2 Å². The number of phenols is 1. The third-order valence-corrected chi connectivity index (χ3v) is 3.48. The minimum atomic E-state index is -4.72. The average molecular weight is 393 g/mol. The van der Waals surface area contributed by atoms with Gasteiger partial charge in [-0.3, -0.25) is 0 Å². The Morgan fingerprint density at radius 1 is 1.08 bits per heavy atom. The van der Waals surface area contributed by atoms with Crippen molar-refractivity contribution in [2.75, 3.05) is 6.61 Å². The molecule has 0 aliphatic heterocycles. The Hall–Kier alpha value is -2.05. The van der Waals surface area contributed by atoms with E-state index in [0.29, 0.717) is 12.0 Å². The van der Waals surface area contributed by atoms with E-state index in [1.807, 2.05) is 0 Å². The van der Waals surface area contributed by atoms with Crippen LogP contribution >= 0.6 is 23.2 Å². The fourth-order valence-electron chi connectivity index (χ4n) is 1.95. The summed E-state index contributed by atoms with van der Waals surface area (Å²) in [5, 5.41) is 9.70. The van der Waals surface area contributed by atoms with Crippen LogP contribution in [0.3, 0.4) is 0 Å². The highest BCUT2D eigenvalue weighted by Gasteiger charge is 2.30. The molecule has 0 spiro atoms. The van der Waals surface area contributed by atoms with Crippen molar-refractivity contribution in [1.82, 2.24) is 0 Å². The van der Waals surface area contributed by atoms with E-state index in [-0.39, 0.29) is 33.9 Å². The Morgan fingerprint density at radius 2 is 1.76 bits per heavy atom. The van der Waals surface area contributed by atoms with Gasteiger partial charge in [0, 0.05) is 12.1 Å². The number of benzene rings is 2. The van der Waals surface area contributed by atoms with Crippen molar-refractivity contribution < 1.29 is 27.8 Å². The Bertz CT molecular complexity index is 738. The van der Waals surface area contributed by atoms with E-state index < -0.39 is 6.36 Å². The van der Waals surface area contributed by atoms with Gasteiger partial charge in [0.2, 0.25) is 0 Å². The van der Waals surface area contributed by atoms with Gasteiger partial charge in [0.25, 0.3) is 0 Å². The van der Waals surface area contributed by atoms with E-state index in [4.69, 9.17) is 27.9 Å². The molecule has 2 aromatic carbocycles. The Morgan fingerprint density at radius 3 is 2.40 bits per heavy atom. The van der Waals surface area contributed by atoms with Crippen LogP contribution in [0.4, 0.5) is 13.2 Å². The Kier molecular flexibility index (Phi) is 6.45. The maximum absolute atomic E-state index is 12.2. The van der Waals surface area contributed by atoms with Crippen molar-refractivity contribution in [3.8, 4) is 17.2 Å². The predicted molar refractivity (Wildman–Crippen MR) is 90.4 cm³/mol. The van der Waals surface area contributed by atoms with Gasteiger partial charge in [0.05, 0.1) is 16.7 Å². The van der Waals surface area contributed by atoms with Gasteiger partial charge in [-0.25, -0.2) is 0 Å². The van der Waals surface area contributed by atoms with Gasteiger partial charge in [-0.15, -0.1) is 13.2 Å². The molecule has 0 saturated heterocycles. The first-order valence-corrected chi connectivity index (χ1v) is 7.83.